The molecule has 6 nitrogen and oxygen atoms in total. The molecule has 0 spiro atoms. The van der Waals surface area contributed by atoms with Gasteiger partial charge in [-0.15, -0.1) is 4.40 Å². The topological polar surface area (TPSA) is 83.8 Å². The Labute approximate surface area is 133 Å². The van der Waals surface area contributed by atoms with Gasteiger partial charge in [0.05, 0.1) is 16.8 Å². The first kappa shape index (κ1) is 16.2. The van der Waals surface area contributed by atoms with E-state index in [1.54, 1.807) is 42.8 Å². The first-order valence-corrected chi connectivity index (χ1v) is 8.92. The molecule has 0 radical (unpaired) electrons. The summed E-state index contributed by atoms with van der Waals surface area (Å²) in [5, 5.41) is 4.11. The molecular weight excluding hydrogens is 320 g/mol. The summed E-state index contributed by atoms with van der Waals surface area (Å²) in [4.78, 5) is 4.21. The van der Waals surface area contributed by atoms with Crippen molar-refractivity contribution in [3.63, 3.8) is 0 Å². The molecule has 0 amide bonds. The zero-order chi connectivity index (χ0) is 15.8. The Balaban J connectivity index is 2.13. The molecule has 0 aliphatic rings. The molecule has 0 atom stereocenters. The van der Waals surface area contributed by atoms with E-state index < -0.39 is 10.0 Å². The van der Waals surface area contributed by atoms with Crippen molar-refractivity contribution in [2.75, 3.05) is 6.26 Å². The molecule has 0 bridgehead atoms. The van der Waals surface area contributed by atoms with Crippen LogP contribution in [0.5, 0.6) is 0 Å². The maximum absolute atomic E-state index is 12.1. The van der Waals surface area contributed by atoms with Crippen LogP contribution in [0.2, 0.25) is 0 Å². The summed E-state index contributed by atoms with van der Waals surface area (Å²) in [7, 11) is -3.75. The Kier molecular flexibility index (Phi) is 5.68. The highest BCUT2D eigenvalue weighted by molar-refractivity contribution is 8.13. The van der Waals surface area contributed by atoms with Crippen LogP contribution < -0.4 is 5.43 Å². The normalized spacial score (nSPS) is 12.5. The quantitative estimate of drug-likeness (QED) is 0.526. The summed E-state index contributed by atoms with van der Waals surface area (Å²) in [6.45, 7) is 0. The molecule has 8 heteroatoms. The largest absolute Gasteiger partial charge is 0.284 e. The lowest BCUT2D eigenvalue weighted by Gasteiger charge is -2.03. The molecule has 0 aliphatic heterocycles. The van der Waals surface area contributed by atoms with Crippen molar-refractivity contribution in [3.05, 3.63) is 60.4 Å². The molecule has 0 fully saturated rings. The number of sulfonamides is 1. The number of benzene rings is 1. The van der Waals surface area contributed by atoms with E-state index in [9.17, 15) is 8.42 Å². The van der Waals surface area contributed by atoms with E-state index in [-0.39, 0.29) is 10.1 Å². The molecule has 0 saturated carbocycles. The van der Waals surface area contributed by atoms with Gasteiger partial charge in [-0.2, -0.15) is 13.5 Å². The molecule has 114 valence electrons. The average molecular weight is 334 g/mol. The van der Waals surface area contributed by atoms with E-state index in [2.05, 4.69) is 19.9 Å². The lowest BCUT2D eigenvalue weighted by molar-refractivity contribution is 0.598. The second-order valence-electron chi connectivity index (χ2n) is 4.01. The van der Waals surface area contributed by atoms with Crippen molar-refractivity contribution in [1.82, 2.24) is 10.4 Å². The van der Waals surface area contributed by atoms with Gasteiger partial charge in [0.2, 0.25) is 0 Å². The monoisotopic (exact) mass is 334 g/mol. The maximum atomic E-state index is 12.1. The van der Waals surface area contributed by atoms with Crippen molar-refractivity contribution >= 4 is 33.2 Å². The maximum Gasteiger partial charge on any atom is 0.284 e. The predicted molar refractivity (Wildman–Crippen MR) is 89.5 cm³/mol. The first-order valence-electron chi connectivity index (χ1n) is 6.26. The van der Waals surface area contributed by atoms with Gasteiger partial charge in [-0.25, -0.2) is 0 Å². The third-order valence-electron chi connectivity index (χ3n) is 2.48. The number of nitrogens with one attached hydrogen (secondary N) is 1. The van der Waals surface area contributed by atoms with Gasteiger partial charge in [-0.05, 0) is 30.5 Å². The predicted octanol–water partition coefficient (Wildman–Crippen LogP) is 2.11. The first-order chi connectivity index (χ1) is 10.6. The molecule has 2 rings (SSSR count). The van der Waals surface area contributed by atoms with Crippen LogP contribution >= 0.6 is 11.8 Å². The van der Waals surface area contributed by atoms with E-state index in [1.165, 1.54) is 18.3 Å². The lowest BCUT2D eigenvalue weighted by Crippen LogP contribution is -2.16. The molecule has 22 heavy (non-hydrogen) atoms. The molecular formula is C14H14N4O2S2. The highest BCUT2D eigenvalue weighted by Crippen LogP contribution is 2.12. The summed E-state index contributed by atoms with van der Waals surface area (Å²) < 4.78 is 28.0. The molecule has 0 aliphatic carbocycles. The van der Waals surface area contributed by atoms with Gasteiger partial charge in [-0.1, -0.05) is 36.0 Å². The number of pyridine rings is 1. The van der Waals surface area contributed by atoms with E-state index in [4.69, 9.17) is 0 Å². The van der Waals surface area contributed by atoms with Crippen molar-refractivity contribution in [3.8, 4) is 0 Å². The zero-order valence-corrected chi connectivity index (χ0v) is 13.4. The number of amidine groups is 1. The van der Waals surface area contributed by atoms with Crippen LogP contribution in [0.1, 0.15) is 5.69 Å². The molecule has 1 N–H and O–H groups in total. The fourth-order valence-electron chi connectivity index (χ4n) is 1.46. The molecule has 0 unspecified atom stereocenters. The standard InChI is InChI=1S/C14H14N4O2S2/c1-21-14(17-16-11-12-7-5-6-10-15-12)18-22(19,20)13-8-3-2-4-9-13/h2-11H,1H3,(H,17,18)/b16-11+. The number of hydrogen-bond acceptors (Lipinski definition) is 5. The van der Waals surface area contributed by atoms with Crippen LogP contribution in [0.4, 0.5) is 0 Å². The summed E-state index contributed by atoms with van der Waals surface area (Å²) in [5.74, 6) is 0. The van der Waals surface area contributed by atoms with E-state index in [0.29, 0.717) is 5.69 Å². The number of hydrogen-bond donors (Lipinski definition) is 1. The summed E-state index contributed by atoms with van der Waals surface area (Å²) in [6.07, 6.45) is 4.84. The van der Waals surface area contributed by atoms with Crippen LogP contribution in [-0.4, -0.2) is 31.0 Å². The van der Waals surface area contributed by atoms with E-state index >= 15 is 0 Å². The minimum atomic E-state index is -3.75. The fourth-order valence-corrected chi connectivity index (χ4v) is 3.07. The molecule has 0 saturated heterocycles. The van der Waals surface area contributed by atoms with E-state index in [0.717, 1.165) is 11.8 Å². The van der Waals surface area contributed by atoms with Gasteiger partial charge >= 0.3 is 0 Å². The van der Waals surface area contributed by atoms with Crippen molar-refractivity contribution in [1.29, 1.82) is 0 Å². The number of thioether (sulfide) groups is 1. The third kappa shape index (κ3) is 4.68. The van der Waals surface area contributed by atoms with E-state index in [1.807, 2.05) is 6.07 Å². The third-order valence-corrected chi connectivity index (χ3v) is 4.46. The Morgan fingerprint density at radius 3 is 2.55 bits per heavy atom. The molecule has 1 aromatic carbocycles. The Bertz CT molecular complexity index is 760. The highest BCUT2D eigenvalue weighted by Gasteiger charge is 2.13. The number of hydrazone groups is 1. The van der Waals surface area contributed by atoms with Gasteiger partial charge < -0.3 is 0 Å². The van der Waals surface area contributed by atoms with Crippen molar-refractivity contribution < 1.29 is 8.42 Å². The van der Waals surface area contributed by atoms with Gasteiger partial charge in [0, 0.05) is 6.20 Å². The van der Waals surface area contributed by atoms with Crippen LogP contribution in [0.15, 0.2) is 69.1 Å². The van der Waals surface area contributed by atoms with Gasteiger partial charge in [0.15, 0.2) is 5.17 Å². The van der Waals surface area contributed by atoms with Crippen LogP contribution in [-0.2, 0) is 10.0 Å². The van der Waals surface area contributed by atoms with Crippen LogP contribution in [0, 0.1) is 0 Å². The zero-order valence-electron chi connectivity index (χ0n) is 11.7. The average Bonchev–Trinajstić information content (AvgIpc) is 2.55. The SMILES string of the molecule is CS/C(=N\S(=O)(=O)c1ccccc1)N/N=C/c1ccccn1. The Morgan fingerprint density at radius 2 is 1.91 bits per heavy atom. The minimum absolute atomic E-state index is 0.136. The second kappa shape index (κ2) is 7.71. The van der Waals surface area contributed by atoms with Crippen molar-refractivity contribution in [2.45, 2.75) is 4.90 Å². The van der Waals surface area contributed by atoms with Crippen LogP contribution in [0.3, 0.4) is 0 Å². The Hall–Kier alpha value is -2.19. The smallest absolute Gasteiger partial charge is 0.255 e. The van der Waals surface area contributed by atoms with Gasteiger partial charge in [0.25, 0.3) is 10.0 Å². The number of rotatable bonds is 4. The number of aromatic nitrogens is 1. The summed E-state index contributed by atoms with van der Waals surface area (Å²) in [6, 6.07) is 13.4. The Morgan fingerprint density at radius 1 is 1.18 bits per heavy atom. The van der Waals surface area contributed by atoms with Gasteiger partial charge in [0.1, 0.15) is 0 Å². The minimum Gasteiger partial charge on any atom is -0.255 e. The summed E-state index contributed by atoms with van der Waals surface area (Å²) >= 11 is 1.15. The van der Waals surface area contributed by atoms with Crippen molar-refractivity contribution in [2.24, 2.45) is 9.50 Å². The number of nitrogens with zero attached hydrogens (tertiary/aromatic N) is 3. The second-order valence-corrected chi connectivity index (χ2v) is 6.41. The molecule has 1 aromatic heterocycles. The lowest BCUT2D eigenvalue weighted by atomic mass is 10.4. The molecule has 2 aromatic rings. The van der Waals surface area contributed by atoms with Gasteiger partial charge in [-0.3, -0.25) is 10.4 Å². The summed E-state index contributed by atoms with van der Waals surface area (Å²) in [5.41, 5.74) is 3.26. The fraction of sp³-hybridized carbons (Fsp3) is 0.0714. The highest BCUT2D eigenvalue weighted by atomic mass is 32.2. The molecule has 1 heterocycles. The van der Waals surface area contributed by atoms with Crippen LogP contribution in [0.25, 0.3) is 0 Å².